The molecule has 0 aromatic rings. The molecule has 0 aromatic carbocycles. The maximum absolute atomic E-state index is 6.84. The Balaban J connectivity index is 4.12. The standard InChI is InChI=1S/C10H13NS/c1-8(2)5-6-9(3)10(4)12-7-11/h5-7,11H,1,3-4H2,2H3/b6-5-,11-7?. The van der Waals surface area contributed by atoms with Gasteiger partial charge in [0.25, 0.3) is 0 Å². The quantitative estimate of drug-likeness (QED) is 0.389. The molecule has 0 saturated heterocycles. The van der Waals surface area contributed by atoms with Crippen LogP contribution >= 0.6 is 11.8 Å². The smallest absolute Gasteiger partial charge is 0.0554 e. The highest BCUT2D eigenvalue weighted by molar-refractivity contribution is 8.15. The first kappa shape index (κ1) is 11.0. The summed E-state index contributed by atoms with van der Waals surface area (Å²) < 4.78 is 0. The van der Waals surface area contributed by atoms with Gasteiger partial charge in [0.15, 0.2) is 0 Å². The van der Waals surface area contributed by atoms with Crippen molar-refractivity contribution in [2.45, 2.75) is 6.92 Å². The van der Waals surface area contributed by atoms with Gasteiger partial charge in [-0.15, -0.1) is 0 Å². The maximum atomic E-state index is 6.84. The van der Waals surface area contributed by atoms with E-state index in [-0.39, 0.29) is 0 Å². The molecule has 0 radical (unpaired) electrons. The van der Waals surface area contributed by atoms with Crippen LogP contribution in [0.15, 0.2) is 47.9 Å². The van der Waals surface area contributed by atoms with E-state index in [1.165, 1.54) is 17.3 Å². The molecular weight excluding hydrogens is 166 g/mol. The Labute approximate surface area is 78.1 Å². The fourth-order valence-corrected chi connectivity index (χ4v) is 0.844. The van der Waals surface area contributed by atoms with Crippen molar-refractivity contribution in [2.75, 3.05) is 0 Å². The molecule has 1 nitrogen and oxygen atoms in total. The van der Waals surface area contributed by atoms with Crippen molar-refractivity contribution in [3.63, 3.8) is 0 Å². The molecule has 2 heteroatoms. The highest BCUT2D eigenvalue weighted by Gasteiger charge is 1.93. The molecule has 0 atom stereocenters. The van der Waals surface area contributed by atoms with Crippen molar-refractivity contribution >= 4 is 17.3 Å². The van der Waals surface area contributed by atoms with Gasteiger partial charge in [-0.2, -0.15) is 0 Å². The lowest BCUT2D eigenvalue weighted by Crippen LogP contribution is -1.77. The summed E-state index contributed by atoms with van der Waals surface area (Å²) in [7, 11) is 0. The van der Waals surface area contributed by atoms with E-state index < -0.39 is 0 Å². The van der Waals surface area contributed by atoms with Gasteiger partial charge in [0.05, 0.1) is 5.55 Å². The molecular formula is C10H13NS. The summed E-state index contributed by atoms with van der Waals surface area (Å²) >= 11 is 1.26. The van der Waals surface area contributed by atoms with Crippen LogP contribution in [0.25, 0.3) is 0 Å². The number of rotatable bonds is 5. The van der Waals surface area contributed by atoms with E-state index in [4.69, 9.17) is 5.41 Å². The van der Waals surface area contributed by atoms with Crippen LogP contribution in [0.5, 0.6) is 0 Å². The molecule has 1 N–H and O–H groups in total. The third-order valence-corrected chi connectivity index (χ3v) is 1.79. The molecule has 0 rings (SSSR count). The van der Waals surface area contributed by atoms with Crippen molar-refractivity contribution in [1.29, 1.82) is 5.41 Å². The molecule has 0 aliphatic heterocycles. The van der Waals surface area contributed by atoms with Crippen LogP contribution in [0, 0.1) is 5.41 Å². The monoisotopic (exact) mass is 179 g/mol. The van der Waals surface area contributed by atoms with Crippen LogP contribution < -0.4 is 0 Å². The first-order valence-electron chi connectivity index (χ1n) is 3.45. The number of hydrogen-bond donors (Lipinski definition) is 1. The Morgan fingerprint density at radius 2 is 1.83 bits per heavy atom. The van der Waals surface area contributed by atoms with Gasteiger partial charge in [-0.25, -0.2) is 0 Å². The summed E-state index contributed by atoms with van der Waals surface area (Å²) in [4.78, 5) is 0.794. The summed E-state index contributed by atoms with van der Waals surface area (Å²) in [5, 5.41) is 6.84. The van der Waals surface area contributed by atoms with Crippen LogP contribution in [0.3, 0.4) is 0 Å². The van der Waals surface area contributed by atoms with Gasteiger partial charge in [0, 0.05) is 4.91 Å². The van der Waals surface area contributed by atoms with E-state index in [2.05, 4.69) is 19.7 Å². The normalized spacial score (nSPS) is 9.75. The molecule has 0 unspecified atom stereocenters. The Morgan fingerprint density at radius 1 is 1.25 bits per heavy atom. The van der Waals surface area contributed by atoms with Gasteiger partial charge in [-0.05, 0) is 12.5 Å². The van der Waals surface area contributed by atoms with Gasteiger partial charge in [-0.3, -0.25) is 0 Å². The molecule has 0 spiro atoms. The minimum absolute atomic E-state index is 0.794. The van der Waals surface area contributed by atoms with Crippen LogP contribution in [0.4, 0.5) is 0 Å². The van der Waals surface area contributed by atoms with Crippen molar-refractivity contribution < 1.29 is 0 Å². The molecule has 0 fully saturated rings. The fraction of sp³-hybridized carbons (Fsp3) is 0.100. The number of allylic oxidation sites excluding steroid dienone is 4. The lowest BCUT2D eigenvalue weighted by molar-refractivity contribution is 1.54. The predicted octanol–water partition coefficient (Wildman–Crippen LogP) is 3.53. The number of thioether (sulfide) groups is 1. The number of hydrogen-bond acceptors (Lipinski definition) is 2. The molecule has 0 amide bonds. The Morgan fingerprint density at radius 3 is 2.25 bits per heavy atom. The van der Waals surface area contributed by atoms with Crippen LogP contribution in [0.1, 0.15) is 6.92 Å². The molecule has 64 valence electrons. The van der Waals surface area contributed by atoms with Crippen molar-refractivity contribution in [3.8, 4) is 0 Å². The molecule has 0 bridgehead atoms. The van der Waals surface area contributed by atoms with Gasteiger partial charge in [-0.1, -0.05) is 49.2 Å². The van der Waals surface area contributed by atoms with Gasteiger partial charge in [0.1, 0.15) is 0 Å². The second-order valence-electron chi connectivity index (χ2n) is 2.36. The molecule has 0 aromatic heterocycles. The van der Waals surface area contributed by atoms with E-state index in [1.54, 1.807) is 0 Å². The summed E-state index contributed by atoms with van der Waals surface area (Å²) in [5.74, 6) is 0. The third kappa shape index (κ3) is 4.74. The Kier molecular flexibility index (Phi) is 5.13. The molecule has 12 heavy (non-hydrogen) atoms. The summed E-state index contributed by atoms with van der Waals surface area (Å²) in [6, 6.07) is 0. The fourth-order valence-electron chi connectivity index (χ4n) is 0.483. The summed E-state index contributed by atoms with van der Waals surface area (Å²) in [6.45, 7) is 13.2. The molecule has 0 heterocycles. The summed E-state index contributed by atoms with van der Waals surface area (Å²) in [6.07, 6.45) is 3.72. The Bertz CT molecular complexity index is 249. The third-order valence-electron chi connectivity index (χ3n) is 1.13. The first-order valence-corrected chi connectivity index (χ1v) is 4.33. The zero-order chi connectivity index (χ0) is 9.56. The second-order valence-corrected chi connectivity index (χ2v) is 3.33. The highest BCUT2D eigenvalue weighted by Crippen LogP contribution is 2.19. The van der Waals surface area contributed by atoms with E-state index in [1.807, 2.05) is 19.1 Å². The molecule has 0 aliphatic rings. The predicted molar refractivity (Wildman–Crippen MR) is 58.6 cm³/mol. The maximum Gasteiger partial charge on any atom is 0.0554 e. The van der Waals surface area contributed by atoms with Gasteiger partial charge in [0.2, 0.25) is 0 Å². The van der Waals surface area contributed by atoms with Gasteiger partial charge < -0.3 is 5.41 Å². The van der Waals surface area contributed by atoms with E-state index in [9.17, 15) is 0 Å². The minimum Gasteiger partial charge on any atom is -0.302 e. The van der Waals surface area contributed by atoms with E-state index >= 15 is 0 Å². The largest absolute Gasteiger partial charge is 0.302 e. The van der Waals surface area contributed by atoms with Crippen LogP contribution in [-0.2, 0) is 0 Å². The highest BCUT2D eigenvalue weighted by atomic mass is 32.2. The number of nitrogens with one attached hydrogen (secondary N) is 1. The molecule has 0 aliphatic carbocycles. The Hall–Kier alpha value is -1.02. The SMILES string of the molecule is C=C(C)/C=C\C(=C)C(=C)SC=N. The van der Waals surface area contributed by atoms with Crippen molar-refractivity contribution in [1.82, 2.24) is 0 Å². The van der Waals surface area contributed by atoms with Crippen LogP contribution in [-0.4, -0.2) is 5.55 Å². The first-order chi connectivity index (χ1) is 5.57. The van der Waals surface area contributed by atoms with Crippen molar-refractivity contribution in [3.05, 3.63) is 47.9 Å². The lowest BCUT2D eigenvalue weighted by Gasteiger charge is -1.98. The zero-order valence-corrected chi connectivity index (χ0v) is 8.08. The molecule has 0 saturated carbocycles. The van der Waals surface area contributed by atoms with Crippen molar-refractivity contribution in [2.24, 2.45) is 0 Å². The van der Waals surface area contributed by atoms with Gasteiger partial charge >= 0.3 is 0 Å². The summed E-state index contributed by atoms with van der Waals surface area (Å²) in [5.41, 5.74) is 3.04. The lowest BCUT2D eigenvalue weighted by atomic mass is 10.2. The topological polar surface area (TPSA) is 23.9 Å². The second kappa shape index (κ2) is 5.61. The minimum atomic E-state index is 0.794. The average Bonchev–Trinajstić information content (AvgIpc) is 2.00. The zero-order valence-electron chi connectivity index (χ0n) is 7.26. The van der Waals surface area contributed by atoms with Crippen LogP contribution in [0.2, 0.25) is 0 Å². The van der Waals surface area contributed by atoms with E-state index in [0.29, 0.717) is 0 Å². The van der Waals surface area contributed by atoms with E-state index in [0.717, 1.165) is 16.1 Å². The average molecular weight is 179 g/mol.